The summed E-state index contributed by atoms with van der Waals surface area (Å²) in [5, 5.41) is 0. The summed E-state index contributed by atoms with van der Waals surface area (Å²) in [7, 11) is 1.44. The molecule has 0 radical (unpaired) electrons. The molecular formula is C18H17BrN2O5. The Morgan fingerprint density at radius 2 is 1.62 bits per heavy atom. The number of nitrogens with one attached hydrogen (secondary N) is 2. The molecule has 0 atom stereocenters. The minimum absolute atomic E-state index is 0.108. The SMILES string of the molecule is COc1cc(C(C)=O)ccc1OCC(=O)NNC(=O)c1ccc(Br)cc1. The molecule has 0 aliphatic heterocycles. The van der Waals surface area contributed by atoms with Gasteiger partial charge < -0.3 is 9.47 Å². The van der Waals surface area contributed by atoms with Crippen LogP contribution in [-0.4, -0.2) is 31.3 Å². The number of carbonyl (C=O) groups is 3. The van der Waals surface area contributed by atoms with E-state index in [0.29, 0.717) is 22.6 Å². The molecule has 0 aromatic heterocycles. The highest BCUT2D eigenvalue weighted by molar-refractivity contribution is 9.10. The minimum Gasteiger partial charge on any atom is -0.493 e. The standard InChI is InChI=1S/C18H17BrN2O5/c1-11(22)13-5-8-15(16(9-13)25-2)26-10-17(23)20-21-18(24)12-3-6-14(19)7-4-12/h3-9H,10H2,1-2H3,(H,20,23)(H,21,24). The van der Waals surface area contributed by atoms with Gasteiger partial charge in [0.1, 0.15) is 0 Å². The highest BCUT2D eigenvalue weighted by Gasteiger charge is 2.11. The molecule has 0 fully saturated rings. The molecule has 0 saturated heterocycles. The molecule has 0 saturated carbocycles. The van der Waals surface area contributed by atoms with Crippen LogP contribution in [0.15, 0.2) is 46.9 Å². The van der Waals surface area contributed by atoms with Crippen molar-refractivity contribution in [1.29, 1.82) is 0 Å². The molecule has 26 heavy (non-hydrogen) atoms. The van der Waals surface area contributed by atoms with Crippen molar-refractivity contribution in [2.45, 2.75) is 6.92 Å². The van der Waals surface area contributed by atoms with E-state index in [0.717, 1.165) is 4.47 Å². The Balaban J connectivity index is 1.87. The molecule has 0 aliphatic carbocycles. The largest absolute Gasteiger partial charge is 0.493 e. The third kappa shape index (κ3) is 5.32. The van der Waals surface area contributed by atoms with Gasteiger partial charge in [0.05, 0.1) is 7.11 Å². The van der Waals surface area contributed by atoms with Gasteiger partial charge in [0.2, 0.25) is 0 Å². The number of rotatable bonds is 6. The lowest BCUT2D eigenvalue weighted by molar-refractivity contribution is -0.123. The summed E-state index contributed by atoms with van der Waals surface area (Å²) >= 11 is 3.28. The maximum absolute atomic E-state index is 11.9. The fourth-order valence-corrected chi connectivity index (χ4v) is 2.25. The van der Waals surface area contributed by atoms with Crippen LogP contribution in [0.4, 0.5) is 0 Å². The quantitative estimate of drug-likeness (QED) is 0.552. The molecule has 136 valence electrons. The number of hydrazine groups is 1. The van der Waals surface area contributed by atoms with Crippen LogP contribution >= 0.6 is 15.9 Å². The monoisotopic (exact) mass is 420 g/mol. The number of ketones is 1. The van der Waals surface area contributed by atoms with Crippen molar-refractivity contribution in [3.63, 3.8) is 0 Å². The number of halogens is 1. The number of benzene rings is 2. The first-order valence-electron chi connectivity index (χ1n) is 7.57. The second kappa shape index (κ2) is 9.00. The third-order valence-corrected chi connectivity index (χ3v) is 3.88. The zero-order valence-corrected chi connectivity index (χ0v) is 15.8. The molecule has 0 bridgehead atoms. The topological polar surface area (TPSA) is 93.7 Å². The van der Waals surface area contributed by atoms with Crippen LogP contribution in [0.25, 0.3) is 0 Å². The van der Waals surface area contributed by atoms with Gasteiger partial charge >= 0.3 is 0 Å². The second-order valence-corrected chi connectivity index (χ2v) is 6.14. The summed E-state index contributed by atoms with van der Waals surface area (Å²) in [5.74, 6) is -0.457. The van der Waals surface area contributed by atoms with E-state index in [2.05, 4.69) is 26.8 Å². The molecule has 2 aromatic rings. The Hall–Kier alpha value is -2.87. The molecular weight excluding hydrogens is 404 g/mol. The lowest BCUT2D eigenvalue weighted by Crippen LogP contribution is -2.43. The van der Waals surface area contributed by atoms with Crippen LogP contribution < -0.4 is 20.3 Å². The summed E-state index contributed by atoms with van der Waals surface area (Å²) in [5.41, 5.74) is 5.43. The van der Waals surface area contributed by atoms with E-state index in [-0.39, 0.29) is 12.4 Å². The van der Waals surface area contributed by atoms with Crippen molar-refractivity contribution >= 4 is 33.5 Å². The van der Waals surface area contributed by atoms with E-state index < -0.39 is 11.8 Å². The molecule has 0 unspecified atom stereocenters. The van der Waals surface area contributed by atoms with Crippen molar-refractivity contribution in [3.8, 4) is 11.5 Å². The summed E-state index contributed by atoms with van der Waals surface area (Å²) in [6.07, 6.45) is 0. The van der Waals surface area contributed by atoms with E-state index in [1.807, 2.05) is 0 Å². The fraction of sp³-hybridized carbons (Fsp3) is 0.167. The van der Waals surface area contributed by atoms with E-state index >= 15 is 0 Å². The van der Waals surface area contributed by atoms with Crippen LogP contribution in [-0.2, 0) is 4.79 Å². The maximum atomic E-state index is 11.9. The second-order valence-electron chi connectivity index (χ2n) is 5.22. The molecule has 0 spiro atoms. The predicted octanol–water partition coefficient (Wildman–Crippen LogP) is 2.50. The maximum Gasteiger partial charge on any atom is 0.276 e. The smallest absolute Gasteiger partial charge is 0.276 e. The first-order valence-corrected chi connectivity index (χ1v) is 8.36. The number of amides is 2. The van der Waals surface area contributed by atoms with Crippen molar-refractivity contribution in [2.75, 3.05) is 13.7 Å². The number of methoxy groups -OCH3 is 1. The lowest BCUT2D eigenvalue weighted by Gasteiger charge is -2.12. The lowest BCUT2D eigenvalue weighted by atomic mass is 10.1. The van der Waals surface area contributed by atoms with Crippen LogP contribution in [0.2, 0.25) is 0 Å². The number of carbonyl (C=O) groups excluding carboxylic acids is 3. The van der Waals surface area contributed by atoms with Crippen molar-refractivity contribution in [3.05, 3.63) is 58.1 Å². The highest BCUT2D eigenvalue weighted by atomic mass is 79.9. The van der Waals surface area contributed by atoms with E-state index in [1.54, 1.807) is 36.4 Å². The molecule has 2 rings (SSSR count). The van der Waals surface area contributed by atoms with Crippen molar-refractivity contribution in [2.24, 2.45) is 0 Å². The van der Waals surface area contributed by atoms with Crippen molar-refractivity contribution in [1.82, 2.24) is 10.9 Å². The molecule has 0 heterocycles. The molecule has 7 nitrogen and oxygen atoms in total. The zero-order valence-electron chi connectivity index (χ0n) is 14.2. The Morgan fingerprint density at radius 1 is 0.962 bits per heavy atom. The van der Waals surface area contributed by atoms with Gasteiger partial charge in [0, 0.05) is 15.6 Å². The Morgan fingerprint density at radius 3 is 2.23 bits per heavy atom. The summed E-state index contributed by atoms with van der Waals surface area (Å²) in [6, 6.07) is 11.3. The Bertz CT molecular complexity index is 821. The van der Waals surface area contributed by atoms with Crippen molar-refractivity contribution < 1.29 is 23.9 Å². The number of hydrogen-bond acceptors (Lipinski definition) is 5. The number of Topliss-reactive ketones (excluding diaryl/α,β-unsaturated/α-hetero) is 1. The van der Waals surface area contributed by atoms with Gasteiger partial charge in [-0.25, -0.2) is 0 Å². The summed E-state index contributed by atoms with van der Waals surface area (Å²) in [6.45, 7) is 1.10. The van der Waals surface area contributed by atoms with Crippen LogP contribution in [0, 0.1) is 0 Å². The first kappa shape index (κ1) is 19.5. The molecule has 8 heteroatoms. The average Bonchev–Trinajstić information content (AvgIpc) is 2.64. The van der Waals surface area contributed by atoms with Gasteiger partial charge in [-0.05, 0) is 49.4 Å². The van der Waals surface area contributed by atoms with Gasteiger partial charge in [0.25, 0.3) is 11.8 Å². The molecule has 2 N–H and O–H groups in total. The Kier molecular flexibility index (Phi) is 6.74. The first-order chi connectivity index (χ1) is 12.4. The van der Waals surface area contributed by atoms with E-state index in [1.165, 1.54) is 20.1 Å². The molecule has 2 amide bonds. The van der Waals surface area contributed by atoms with Gasteiger partial charge in [-0.1, -0.05) is 15.9 Å². The predicted molar refractivity (Wildman–Crippen MR) is 98.2 cm³/mol. The number of hydrogen-bond donors (Lipinski definition) is 2. The summed E-state index contributed by atoms with van der Waals surface area (Å²) in [4.78, 5) is 35.1. The van der Waals surface area contributed by atoms with Gasteiger partial charge in [-0.3, -0.25) is 25.2 Å². The normalized spacial score (nSPS) is 9.96. The Labute approximate surface area is 158 Å². The fourth-order valence-electron chi connectivity index (χ4n) is 1.99. The molecule has 2 aromatic carbocycles. The van der Waals surface area contributed by atoms with E-state index in [9.17, 15) is 14.4 Å². The minimum atomic E-state index is -0.548. The average molecular weight is 421 g/mol. The van der Waals surface area contributed by atoms with E-state index in [4.69, 9.17) is 9.47 Å². The summed E-state index contributed by atoms with van der Waals surface area (Å²) < 4.78 is 11.4. The number of ether oxygens (including phenoxy) is 2. The van der Waals surface area contributed by atoms with Gasteiger partial charge in [-0.15, -0.1) is 0 Å². The molecule has 0 aliphatic rings. The zero-order chi connectivity index (χ0) is 19.1. The highest BCUT2D eigenvalue weighted by Crippen LogP contribution is 2.28. The van der Waals surface area contributed by atoms with Gasteiger partial charge in [-0.2, -0.15) is 0 Å². The van der Waals surface area contributed by atoms with Crippen LogP contribution in [0.1, 0.15) is 27.6 Å². The van der Waals surface area contributed by atoms with Crippen LogP contribution in [0.5, 0.6) is 11.5 Å². The van der Waals surface area contributed by atoms with Crippen LogP contribution in [0.3, 0.4) is 0 Å². The van der Waals surface area contributed by atoms with Gasteiger partial charge in [0.15, 0.2) is 23.9 Å². The third-order valence-electron chi connectivity index (χ3n) is 3.35.